The SMILES string of the molecule is CCCCNc1onc2c3c(ccc12)C(=O)c1ccccc1C3=O. The maximum atomic E-state index is 12.9. The molecule has 120 valence electrons. The topological polar surface area (TPSA) is 72.2 Å². The van der Waals surface area contributed by atoms with Crippen LogP contribution in [0.25, 0.3) is 10.9 Å². The van der Waals surface area contributed by atoms with Crippen molar-refractivity contribution in [2.24, 2.45) is 0 Å². The van der Waals surface area contributed by atoms with Gasteiger partial charge in [0.1, 0.15) is 5.52 Å². The summed E-state index contributed by atoms with van der Waals surface area (Å²) in [7, 11) is 0. The van der Waals surface area contributed by atoms with Crippen LogP contribution < -0.4 is 5.32 Å². The number of hydrogen-bond donors (Lipinski definition) is 1. The Morgan fingerprint density at radius 2 is 1.75 bits per heavy atom. The molecule has 0 fully saturated rings. The molecule has 0 atom stereocenters. The van der Waals surface area contributed by atoms with Crippen molar-refractivity contribution < 1.29 is 14.1 Å². The van der Waals surface area contributed by atoms with E-state index in [1.165, 1.54) is 0 Å². The number of benzene rings is 2. The van der Waals surface area contributed by atoms with Crippen LogP contribution in [0, 0.1) is 0 Å². The minimum Gasteiger partial charge on any atom is -0.353 e. The van der Waals surface area contributed by atoms with Gasteiger partial charge >= 0.3 is 0 Å². The second-order valence-electron chi connectivity index (χ2n) is 5.88. The third-order valence-electron chi connectivity index (χ3n) is 4.35. The fourth-order valence-electron chi connectivity index (χ4n) is 3.09. The molecule has 1 aliphatic rings. The second kappa shape index (κ2) is 5.60. The first-order valence-electron chi connectivity index (χ1n) is 8.07. The molecule has 0 bridgehead atoms. The number of anilines is 1. The van der Waals surface area contributed by atoms with Crippen molar-refractivity contribution in [2.45, 2.75) is 19.8 Å². The van der Waals surface area contributed by atoms with Crippen molar-refractivity contribution in [1.82, 2.24) is 5.16 Å². The van der Waals surface area contributed by atoms with Crippen molar-refractivity contribution in [3.63, 3.8) is 0 Å². The number of aromatic nitrogens is 1. The van der Waals surface area contributed by atoms with Gasteiger partial charge in [0.2, 0.25) is 5.88 Å². The van der Waals surface area contributed by atoms with Crippen LogP contribution in [0.15, 0.2) is 40.9 Å². The van der Waals surface area contributed by atoms with Crippen LogP contribution in [0.3, 0.4) is 0 Å². The van der Waals surface area contributed by atoms with E-state index in [4.69, 9.17) is 4.52 Å². The van der Waals surface area contributed by atoms with Gasteiger partial charge in [0.25, 0.3) is 0 Å². The lowest BCUT2D eigenvalue weighted by Gasteiger charge is -2.17. The molecule has 0 unspecified atom stereocenters. The normalized spacial score (nSPS) is 13.0. The molecule has 1 aromatic heterocycles. The van der Waals surface area contributed by atoms with Crippen molar-refractivity contribution in [3.8, 4) is 0 Å². The molecular formula is C19H16N2O3. The number of rotatable bonds is 4. The van der Waals surface area contributed by atoms with Gasteiger partial charge in [-0.25, -0.2) is 0 Å². The number of fused-ring (bicyclic) bond motifs is 4. The van der Waals surface area contributed by atoms with E-state index in [0.717, 1.165) is 24.8 Å². The lowest BCUT2D eigenvalue weighted by Crippen LogP contribution is -2.21. The summed E-state index contributed by atoms with van der Waals surface area (Å²) >= 11 is 0. The Morgan fingerprint density at radius 1 is 1.00 bits per heavy atom. The number of carbonyl (C=O) groups is 2. The third kappa shape index (κ3) is 2.05. The molecule has 0 aliphatic heterocycles. The molecule has 5 heteroatoms. The Balaban J connectivity index is 1.86. The van der Waals surface area contributed by atoms with Crippen molar-refractivity contribution in [2.75, 3.05) is 11.9 Å². The molecule has 0 spiro atoms. The van der Waals surface area contributed by atoms with E-state index in [1.54, 1.807) is 36.4 Å². The van der Waals surface area contributed by atoms with Crippen LogP contribution in [0.2, 0.25) is 0 Å². The lowest BCUT2D eigenvalue weighted by atomic mass is 9.83. The molecular weight excluding hydrogens is 304 g/mol. The zero-order valence-electron chi connectivity index (χ0n) is 13.3. The van der Waals surface area contributed by atoms with Crippen LogP contribution in [0.1, 0.15) is 51.6 Å². The standard InChI is InChI=1S/C19H16N2O3/c1-2-3-10-20-19-14-9-8-13-15(16(14)21-24-19)18(23)12-7-5-4-6-11(12)17(13)22/h4-9,20H,2-3,10H2,1H3. The molecule has 0 amide bonds. The minimum absolute atomic E-state index is 0.148. The smallest absolute Gasteiger partial charge is 0.232 e. The average Bonchev–Trinajstić information content (AvgIpc) is 3.02. The van der Waals surface area contributed by atoms with Gasteiger partial charge in [-0.3, -0.25) is 9.59 Å². The lowest BCUT2D eigenvalue weighted by molar-refractivity contribution is 0.0980. The molecule has 4 rings (SSSR count). The number of hydrogen-bond acceptors (Lipinski definition) is 5. The third-order valence-corrected chi connectivity index (χ3v) is 4.35. The molecule has 0 saturated heterocycles. The number of nitrogens with zero attached hydrogens (tertiary/aromatic N) is 1. The van der Waals surface area contributed by atoms with E-state index in [2.05, 4.69) is 17.4 Å². The Kier molecular flexibility index (Phi) is 3.41. The molecule has 5 nitrogen and oxygen atoms in total. The van der Waals surface area contributed by atoms with E-state index < -0.39 is 0 Å². The molecule has 2 aromatic carbocycles. The van der Waals surface area contributed by atoms with Crippen LogP contribution in [0.4, 0.5) is 5.88 Å². The second-order valence-corrected chi connectivity index (χ2v) is 5.88. The fourth-order valence-corrected chi connectivity index (χ4v) is 3.09. The molecule has 0 saturated carbocycles. The molecule has 3 aromatic rings. The van der Waals surface area contributed by atoms with E-state index in [9.17, 15) is 9.59 Å². The highest BCUT2D eigenvalue weighted by molar-refractivity contribution is 6.32. The van der Waals surface area contributed by atoms with Crippen molar-refractivity contribution in [1.29, 1.82) is 0 Å². The van der Waals surface area contributed by atoms with Crippen LogP contribution in [-0.2, 0) is 0 Å². The highest BCUT2D eigenvalue weighted by Gasteiger charge is 2.32. The Bertz CT molecular complexity index is 972. The van der Waals surface area contributed by atoms with Gasteiger partial charge in [0.15, 0.2) is 11.6 Å². The number of nitrogens with one attached hydrogen (secondary N) is 1. The Hall–Kier alpha value is -2.95. The molecule has 1 N–H and O–H groups in total. The minimum atomic E-state index is -0.181. The van der Waals surface area contributed by atoms with Crippen LogP contribution in [0.5, 0.6) is 0 Å². The number of ketones is 2. The van der Waals surface area contributed by atoms with Gasteiger partial charge in [-0.1, -0.05) is 42.8 Å². The summed E-state index contributed by atoms with van der Waals surface area (Å²) in [6, 6.07) is 10.4. The van der Waals surface area contributed by atoms with Gasteiger partial charge in [-0.05, 0) is 18.6 Å². The summed E-state index contributed by atoms with van der Waals surface area (Å²) < 4.78 is 5.37. The van der Waals surface area contributed by atoms with Gasteiger partial charge in [0.05, 0.1) is 10.9 Å². The van der Waals surface area contributed by atoms with Gasteiger partial charge in [-0.2, -0.15) is 0 Å². The monoisotopic (exact) mass is 320 g/mol. The van der Waals surface area contributed by atoms with E-state index in [-0.39, 0.29) is 11.6 Å². The van der Waals surface area contributed by atoms with E-state index in [0.29, 0.717) is 33.7 Å². The van der Waals surface area contributed by atoms with Crippen LogP contribution >= 0.6 is 0 Å². The summed E-state index contributed by atoms with van der Waals surface area (Å²) in [4.78, 5) is 25.6. The highest BCUT2D eigenvalue weighted by Crippen LogP contribution is 2.34. The summed E-state index contributed by atoms with van der Waals surface area (Å²) in [5, 5.41) is 7.98. The van der Waals surface area contributed by atoms with Gasteiger partial charge in [0, 0.05) is 23.2 Å². The number of carbonyl (C=O) groups excluding carboxylic acids is 2. The van der Waals surface area contributed by atoms with Crippen LogP contribution in [-0.4, -0.2) is 23.3 Å². The first kappa shape index (κ1) is 14.6. The van der Waals surface area contributed by atoms with E-state index in [1.807, 2.05) is 0 Å². The largest absolute Gasteiger partial charge is 0.353 e. The Labute approximate surface area is 138 Å². The van der Waals surface area contributed by atoms with Crippen molar-refractivity contribution >= 4 is 28.4 Å². The fraction of sp³-hybridized carbons (Fsp3) is 0.211. The first-order chi connectivity index (χ1) is 11.7. The maximum absolute atomic E-state index is 12.9. The quantitative estimate of drug-likeness (QED) is 0.579. The predicted molar refractivity (Wildman–Crippen MR) is 90.7 cm³/mol. The number of unbranched alkanes of at least 4 members (excludes halogenated alkanes) is 1. The average molecular weight is 320 g/mol. The summed E-state index contributed by atoms with van der Waals surface area (Å²) in [5.41, 5.74) is 2.03. The Morgan fingerprint density at radius 3 is 2.50 bits per heavy atom. The molecule has 1 aliphatic carbocycles. The first-order valence-corrected chi connectivity index (χ1v) is 8.07. The zero-order chi connectivity index (χ0) is 16.7. The summed E-state index contributed by atoms with van der Waals surface area (Å²) in [6.45, 7) is 2.88. The zero-order valence-corrected chi connectivity index (χ0v) is 13.3. The maximum Gasteiger partial charge on any atom is 0.232 e. The van der Waals surface area contributed by atoms with Gasteiger partial charge < -0.3 is 9.84 Å². The van der Waals surface area contributed by atoms with E-state index >= 15 is 0 Å². The molecule has 1 heterocycles. The molecule has 24 heavy (non-hydrogen) atoms. The highest BCUT2D eigenvalue weighted by atomic mass is 16.5. The van der Waals surface area contributed by atoms with Gasteiger partial charge in [-0.15, -0.1) is 0 Å². The predicted octanol–water partition coefficient (Wildman–Crippen LogP) is 3.82. The molecule has 0 radical (unpaired) electrons. The summed E-state index contributed by atoms with van der Waals surface area (Å²) in [5.74, 6) is 0.213. The summed E-state index contributed by atoms with van der Waals surface area (Å²) in [6.07, 6.45) is 2.08. The van der Waals surface area contributed by atoms with Crippen molar-refractivity contribution in [3.05, 3.63) is 58.7 Å².